The Morgan fingerprint density at radius 3 is 2.68 bits per heavy atom. The molecular weight excluding hydrogens is 394 g/mol. The number of piperazine rings is 1. The van der Waals surface area contributed by atoms with Gasteiger partial charge in [-0.05, 0) is 31.7 Å². The minimum Gasteiger partial charge on any atom is -0.424 e. The Hall–Kier alpha value is -3.43. The van der Waals surface area contributed by atoms with Crippen LogP contribution in [0.3, 0.4) is 0 Å². The molecule has 0 radical (unpaired) electrons. The predicted molar refractivity (Wildman–Crippen MR) is 116 cm³/mol. The summed E-state index contributed by atoms with van der Waals surface area (Å²) >= 11 is 0. The number of carbonyl (C=O) groups is 1. The van der Waals surface area contributed by atoms with Crippen LogP contribution >= 0.6 is 0 Å². The quantitative estimate of drug-likeness (QED) is 0.651. The molecule has 0 unspecified atom stereocenters. The molecule has 4 rings (SSSR count). The topological polar surface area (TPSA) is 96.4 Å². The minimum atomic E-state index is -0.321. The van der Waals surface area contributed by atoms with Gasteiger partial charge in [0.25, 0.3) is 5.91 Å². The average Bonchev–Trinajstić information content (AvgIpc) is 2.78. The minimum absolute atomic E-state index is 0.247. The van der Waals surface area contributed by atoms with Crippen LogP contribution in [-0.2, 0) is 6.54 Å². The SMILES string of the molecule is Cc1ccc(NC(=O)c2cncc(CN3CCN(C)CC3)n2)cc1Oc1ncccn1. The molecule has 1 N–H and O–H groups in total. The first-order valence-electron chi connectivity index (χ1n) is 10.2. The fourth-order valence-electron chi connectivity index (χ4n) is 3.25. The van der Waals surface area contributed by atoms with Crippen molar-refractivity contribution in [1.29, 1.82) is 0 Å². The van der Waals surface area contributed by atoms with Gasteiger partial charge in [0.05, 0.1) is 11.9 Å². The van der Waals surface area contributed by atoms with Gasteiger partial charge >= 0.3 is 6.01 Å². The van der Waals surface area contributed by atoms with Gasteiger partial charge in [-0.3, -0.25) is 14.7 Å². The van der Waals surface area contributed by atoms with Gasteiger partial charge in [0.15, 0.2) is 0 Å². The molecule has 1 aliphatic rings. The van der Waals surface area contributed by atoms with E-state index in [4.69, 9.17) is 4.74 Å². The van der Waals surface area contributed by atoms with Crippen molar-refractivity contribution in [3.8, 4) is 11.8 Å². The summed E-state index contributed by atoms with van der Waals surface area (Å²) in [7, 11) is 2.12. The van der Waals surface area contributed by atoms with Crippen LogP contribution in [0.5, 0.6) is 11.8 Å². The number of amides is 1. The number of hydrogen-bond acceptors (Lipinski definition) is 8. The van der Waals surface area contributed by atoms with E-state index in [0.717, 1.165) is 37.4 Å². The summed E-state index contributed by atoms with van der Waals surface area (Å²) in [6, 6.07) is 7.38. The van der Waals surface area contributed by atoms with E-state index in [0.29, 0.717) is 18.0 Å². The van der Waals surface area contributed by atoms with Gasteiger partial charge in [0.2, 0.25) is 0 Å². The Bertz CT molecular complexity index is 1040. The van der Waals surface area contributed by atoms with Crippen molar-refractivity contribution in [2.24, 2.45) is 0 Å². The first kappa shape index (κ1) is 20.8. The number of rotatable bonds is 6. The van der Waals surface area contributed by atoms with Crippen LogP contribution < -0.4 is 10.1 Å². The van der Waals surface area contributed by atoms with Crippen LogP contribution in [-0.4, -0.2) is 68.9 Å². The molecule has 1 fully saturated rings. The fraction of sp³-hybridized carbons (Fsp3) is 0.318. The molecule has 0 spiro atoms. The molecule has 31 heavy (non-hydrogen) atoms. The maximum Gasteiger partial charge on any atom is 0.321 e. The second-order valence-electron chi connectivity index (χ2n) is 7.54. The normalized spacial score (nSPS) is 14.9. The highest BCUT2D eigenvalue weighted by atomic mass is 16.5. The number of hydrogen-bond donors (Lipinski definition) is 1. The van der Waals surface area contributed by atoms with Crippen LogP contribution in [0, 0.1) is 6.92 Å². The number of benzene rings is 1. The summed E-state index contributed by atoms with van der Waals surface area (Å²) < 4.78 is 5.74. The number of aryl methyl sites for hydroxylation is 1. The van der Waals surface area contributed by atoms with Crippen LogP contribution in [0.2, 0.25) is 0 Å². The monoisotopic (exact) mass is 419 g/mol. The summed E-state index contributed by atoms with van der Waals surface area (Å²) in [6.45, 7) is 6.61. The highest BCUT2D eigenvalue weighted by Crippen LogP contribution is 2.26. The van der Waals surface area contributed by atoms with Crippen LogP contribution in [0.4, 0.5) is 5.69 Å². The lowest BCUT2D eigenvalue weighted by Gasteiger charge is -2.31. The van der Waals surface area contributed by atoms with Gasteiger partial charge < -0.3 is 15.0 Å². The van der Waals surface area contributed by atoms with Crippen molar-refractivity contribution in [2.45, 2.75) is 13.5 Å². The molecule has 1 aromatic carbocycles. The fourth-order valence-corrected chi connectivity index (χ4v) is 3.25. The third-order valence-corrected chi connectivity index (χ3v) is 5.09. The van der Waals surface area contributed by atoms with Crippen molar-refractivity contribution in [3.63, 3.8) is 0 Å². The maximum absolute atomic E-state index is 12.8. The van der Waals surface area contributed by atoms with E-state index in [2.05, 4.69) is 42.1 Å². The zero-order valence-electron chi connectivity index (χ0n) is 17.7. The Kier molecular flexibility index (Phi) is 6.44. The van der Waals surface area contributed by atoms with Crippen molar-refractivity contribution in [1.82, 2.24) is 29.7 Å². The number of nitrogens with zero attached hydrogens (tertiary/aromatic N) is 6. The van der Waals surface area contributed by atoms with Gasteiger partial charge in [-0.1, -0.05) is 6.07 Å². The molecular formula is C22H25N7O2. The van der Waals surface area contributed by atoms with Gasteiger partial charge in [0, 0.05) is 63.1 Å². The van der Waals surface area contributed by atoms with E-state index < -0.39 is 0 Å². The lowest BCUT2D eigenvalue weighted by Crippen LogP contribution is -2.44. The van der Waals surface area contributed by atoms with Gasteiger partial charge in [-0.15, -0.1) is 0 Å². The molecule has 0 saturated carbocycles. The molecule has 9 nitrogen and oxygen atoms in total. The summed E-state index contributed by atoms with van der Waals surface area (Å²) in [4.78, 5) is 34.2. The lowest BCUT2D eigenvalue weighted by atomic mass is 10.2. The van der Waals surface area contributed by atoms with Crippen LogP contribution in [0.1, 0.15) is 21.7 Å². The van der Waals surface area contributed by atoms with Crippen molar-refractivity contribution in [2.75, 3.05) is 38.5 Å². The lowest BCUT2D eigenvalue weighted by molar-refractivity contribution is 0.102. The van der Waals surface area contributed by atoms with Crippen molar-refractivity contribution < 1.29 is 9.53 Å². The van der Waals surface area contributed by atoms with Crippen LogP contribution in [0.15, 0.2) is 49.1 Å². The molecule has 1 saturated heterocycles. The second kappa shape index (κ2) is 9.59. The largest absolute Gasteiger partial charge is 0.424 e. The van der Waals surface area contributed by atoms with Gasteiger partial charge in [-0.2, -0.15) is 0 Å². The predicted octanol–water partition coefficient (Wildman–Crippen LogP) is 2.37. The smallest absolute Gasteiger partial charge is 0.321 e. The Labute approximate surface area is 181 Å². The molecule has 0 atom stereocenters. The zero-order valence-corrected chi connectivity index (χ0v) is 17.7. The van der Waals surface area contributed by atoms with Crippen LogP contribution in [0.25, 0.3) is 0 Å². The molecule has 9 heteroatoms. The maximum atomic E-state index is 12.8. The molecule has 1 aliphatic heterocycles. The number of nitrogens with one attached hydrogen (secondary N) is 1. The Morgan fingerprint density at radius 1 is 1.13 bits per heavy atom. The third-order valence-electron chi connectivity index (χ3n) is 5.09. The molecule has 0 bridgehead atoms. The number of aromatic nitrogens is 4. The molecule has 3 aromatic rings. The molecule has 160 valence electrons. The van der Waals surface area contributed by atoms with Gasteiger partial charge in [-0.25, -0.2) is 15.0 Å². The van der Waals surface area contributed by atoms with Crippen molar-refractivity contribution >= 4 is 11.6 Å². The van der Waals surface area contributed by atoms with E-state index in [9.17, 15) is 4.79 Å². The molecule has 2 aromatic heterocycles. The van der Waals surface area contributed by atoms with E-state index in [-0.39, 0.29) is 17.6 Å². The van der Waals surface area contributed by atoms with E-state index in [1.54, 1.807) is 30.7 Å². The first-order chi connectivity index (χ1) is 15.1. The Balaban J connectivity index is 1.43. The first-order valence-corrected chi connectivity index (χ1v) is 10.2. The van der Waals surface area contributed by atoms with E-state index in [1.165, 1.54) is 6.20 Å². The van der Waals surface area contributed by atoms with E-state index in [1.807, 2.05) is 19.1 Å². The highest BCUT2D eigenvalue weighted by molar-refractivity contribution is 6.02. The number of likely N-dealkylation sites (N-methyl/N-ethyl adjacent to an activating group) is 1. The van der Waals surface area contributed by atoms with Gasteiger partial charge in [0.1, 0.15) is 11.4 Å². The number of anilines is 1. The number of carbonyl (C=O) groups excluding carboxylic acids is 1. The standard InChI is InChI=1S/C22H25N7O2/c1-16-4-5-17(12-20(16)31-22-24-6-3-7-25-22)27-21(30)19-14-23-13-18(26-19)15-29-10-8-28(2)9-11-29/h3-7,12-14H,8-11,15H2,1-2H3,(H,27,30). The third kappa shape index (κ3) is 5.59. The molecule has 3 heterocycles. The summed E-state index contributed by atoms with van der Waals surface area (Å²) in [6.07, 6.45) is 6.41. The second-order valence-corrected chi connectivity index (χ2v) is 7.54. The van der Waals surface area contributed by atoms with Crippen molar-refractivity contribution in [3.05, 3.63) is 66.0 Å². The summed E-state index contributed by atoms with van der Waals surface area (Å²) in [5, 5.41) is 2.87. The molecule has 1 amide bonds. The summed E-state index contributed by atoms with van der Waals surface area (Å²) in [5.41, 5.74) is 2.56. The number of ether oxygens (including phenoxy) is 1. The highest BCUT2D eigenvalue weighted by Gasteiger charge is 2.16. The summed E-state index contributed by atoms with van der Waals surface area (Å²) in [5.74, 6) is 0.248. The van der Waals surface area contributed by atoms with E-state index >= 15 is 0 Å². The average molecular weight is 419 g/mol. The Morgan fingerprint density at radius 2 is 1.90 bits per heavy atom. The zero-order chi connectivity index (χ0) is 21.6. The molecule has 0 aliphatic carbocycles.